The van der Waals surface area contributed by atoms with Crippen LogP contribution in [-0.4, -0.2) is 72.9 Å². The van der Waals surface area contributed by atoms with Crippen molar-refractivity contribution in [2.24, 2.45) is 0 Å². The second-order valence-electron chi connectivity index (χ2n) is 12.2. The molecule has 3 aromatic rings. The Morgan fingerprint density at radius 2 is 2.00 bits per heavy atom. The van der Waals surface area contributed by atoms with Crippen molar-refractivity contribution < 1.29 is 43.2 Å². The summed E-state index contributed by atoms with van der Waals surface area (Å²) in [6.07, 6.45) is 1.74. The Bertz CT molecular complexity index is 1800. The molecule has 5 atom stereocenters. The minimum Gasteiger partial charge on any atom is -0.459 e. The second-order valence-corrected chi connectivity index (χ2v) is 12.6. The maximum Gasteiger partial charge on any atom is 0.308 e. The fourth-order valence-electron chi connectivity index (χ4n) is 6.06. The Labute approximate surface area is 275 Å². The van der Waals surface area contributed by atoms with Gasteiger partial charge in [0.1, 0.15) is 30.3 Å². The Kier molecular flexibility index (Phi) is 9.53. The predicted molar refractivity (Wildman–Crippen MR) is 166 cm³/mol. The van der Waals surface area contributed by atoms with Gasteiger partial charge in [0.15, 0.2) is 23.1 Å². The van der Waals surface area contributed by atoms with Gasteiger partial charge in [-0.25, -0.2) is 4.98 Å². The first kappa shape index (κ1) is 33.8. The van der Waals surface area contributed by atoms with Crippen LogP contribution in [0.1, 0.15) is 69.4 Å². The Balaban J connectivity index is 1.37. The summed E-state index contributed by atoms with van der Waals surface area (Å²) in [6, 6.07) is 3.68. The first-order valence-corrected chi connectivity index (χ1v) is 15.2. The normalized spacial score (nSPS) is 22.8. The number of aromatic nitrogens is 4. The summed E-state index contributed by atoms with van der Waals surface area (Å²) in [5, 5.41) is 13.4. The van der Waals surface area contributed by atoms with Gasteiger partial charge in [-0.1, -0.05) is 25.8 Å². The number of aryl methyl sites for hydroxylation is 2. The number of anilines is 1. The third-order valence-electron chi connectivity index (χ3n) is 7.96. The highest BCUT2D eigenvalue weighted by molar-refractivity contribution is 6.28. The van der Waals surface area contributed by atoms with Crippen LogP contribution >= 0.6 is 11.6 Å². The second kappa shape index (κ2) is 13.3. The number of cyclic esters (lactones) is 1. The molecule has 0 radical (unpaired) electrons. The van der Waals surface area contributed by atoms with E-state index in [9.17, 15) is 24.3 Å². The number of nitrogens with one attached hydrogen (secondary N) is 1. The first-order chi connectivity index (χ1) is 22.2. The number of hydrogen-bond acceptors (Lipinski definition) is 12. The number of imidazole rings is 1. The molecule has 0 aliphatic carbocycles. The lowest BCUT2D eigenvalue weighted by Gasteiger charge is -2.37. The van der Waals surface area contributed by atoms with E-state index in [4.69, 9.17) is 37.0 Å². The zero-order valence-electron chi connectivity index (χ0n) is 26.4. The van der Waals surface area contributed by atoms with E-state index in [1.165, 1.54) is 17.8 Å². The Hall–Kier alpha value is -4.58. The Morgan fingerprint density at radius 1 is 1.26 bits per heavy atom. The molecule has 248 valence electrons. The number of carbonyl (C=O) groups is 4. The molecule has 0 saturated carbocycles. The molecule has 2 aliphatic heterocycles. The Morgan fingerprint density at radius 3 is 2.66 bits per heavy atom. The van der Waals surface area contributed by atoms with Crippen LogP contribution in [0.25, 0.3) is 11.2 Å². The van der Waals surface area contributed by atoms with Crippen molar-refractivity contribution in [1.82, 2.24) is 19.5 Å². The molecule has 47 heavy (non-hydrogen) atoms. The summed E-state index contributed by atoms with van der Waals surface area (Å²) >= 11 is 6.20. The number of rotatable bonds is 8. The van der Waals surface area contributed by atoms with E-state index < -0.39 is 59.9 Å². The summed E-state index contributed by atoms with van der Waals surface area (Å²) in [5.41, 5.74) is 1.91. The van der Waals surface area contributed by atoms with E-state index in [0.29, 0.717) is 11.3 Å². The number of aliphatic hydroxyl groups excluding tert-OH is 1. The third-order valence-corrected chi connectivity index (χ3v) is 8.13. The van der Waals surface area contributed by atoms with Crippen molar-refractivity contribution in [3.8, 4) is 18.1 Å². The van der Waals surface area contributed by atoms with E-state index in [2.05, 4.69) is 26.2 Å². The molecule has 2 saturated heterocycles. The molecule has 1 aromatic carbocycles. The van der Waals surface area contributed by atoms with Crippen LogP contribution in [0.5, 0.6) is 5.75 Å². The lowest BCUT2D eigenvalue weighted by Crippen LogP contribution is -2.48. The molecule has 1 amide bonds. The largest absolute Gasteiger partial charge is 0.459 e. The molecular weight excluding hydrogens is 634 g/mol. The van der Waals surface area contributed by atoms with E-state index >= 15 is 0 Å². The lowest BCUT2D eigenvalue weighted by atomic mass is 9.78. The number of halogens is 1. The molecule has 2 aliphatic rings. The highest BCUT2D eigenvalue weighted by atomic mass is 35.5. The molecule has 15 heteroatoms. The highest BCUT2D eigenvalue weighted by Crippen LogP contribution is 2.39. The smallest absolute Gasteiger partial charge is 0.308 e. The minimum absolute atomic E-state index is 0.0132. The van der Waals surface area contributed by atoms with E-state index in [-0.39, 0.29) is 47.9 Å². The highest BCUT2D eigenvalue weighted by Gasteiger charge is 2.42. The maximum atomic E-state index is 13.4. The summed E-state index contributed by atoms with van der Waals surface area (Å²) in [4.78, 5) is 62.1. The number of fused-ring (bicyclic) bond motifs is 1. The van der Waals surface area contributed by atoms with Crippen molar-refractivity contribution in [2.45, 2.75) is 96.4 Å². The van der Waals surface area contributed by atoms with E-state index in [1.807, 2.05) is 33.8 Å². The number of esters is 3. The molecular formula is C32H34ClN5O9. The van der Waals surface area contributed by atoms with Gasteiger partial charge in [-0.15, -0.1) is 6.42 Å². The monoisotopic (exact) mass is 667 g/mol. The fraction of sp³-hybridized carbons (Fsp3) is 0.469. The van der Waals surface area contributed by atoms with Crippen LogP contribution in [0.2, 0.25) is 5.28 Å². The maximum absolute atomic E-state index is 13.4. The van der Waals surface area contributed by atoms with Gasteiger partial charge in [-0.2, -0.15) is 9.97 Å². The van der Waals surface area contributed by atoms with Crippen molar-refractivity contribution in [2.75, 3.05) is 5.32 Å². The van der Waals surface area contributed by atoms with E-state index in [1.54, 1.807) is 6.07 Å². The molecule has 5 rings (SSSR count). The molecule has 0 bridgehead atoms. The number of hydrogen-bond donors (Lipinski definition) is 2. The summed E-state index contributed by atoms with van der Waals surface area (Å²) in [5.74, 6) is 0.555. The molecule has 2 fully saturated rings. The molecule has 2 unspecified atom stereocenters. The van der Waals surface area contributed by atoms with Gasteiger partial charge in [-0.05, 0) is 42.6 Å². The van der Waals surface area contributed by atoms with Gasteiger partial charge >= 0.3 is 17.9 Å². The number of amides is 1. The van der Waals surface area contributed by atoms with Gasteiger partial charge in [0, 0.05) is 37.2 Å². The van der Waals surface area contributed by atoms with Crippen LogP contribution < -0.4 is 10.1 Å². The quantitative estimate of drug-likeness (QED) is 0.155. The van der Waals surface area contributed by atoms with Crippen LogP contribution in [0.4, 0.5) is 5.82 Å². The average molecular weight is 668 g/mol. The summed E-state index contributed by atoms with van der Waals surface area (Å²) < 4.78 is 23.8. The van der Waals surface area contributed by atoms with Gasteiger partial charge < -0.3 is 29.4 Å². The van der Waals surface area contributed by atoms with Crippen LogP contribution in [0.15, 0.2) is 18.5 Å². The standard InChI is InChI=1S/C32H34ClN5O9/c1-7-18-27(42)21(47-24(41)13-32(5,6)25-16(3)10-15(2)11-20(25)44-17(4)39)12-22(45-18)38-14-34-26-28(36-31(33)37-29(26)38)35-30(43)19-8-9-23(40)46-19/h1,10-11,14,18-19,21-22,27,42H,8-9,12-13H2,2-6H3,(H,35,36,37,43)/t18?,19-,21+,22-,27?/m1/s1. The topological polar surface area (TPSA) is 181 Å². The number of terminal acetylenes is 1. The molecule has 4 heterocycles. The first-order valence-electron chi connectivity index (χ1n) is 14.9. The number of nitrogens with zero attached hydrogens (tertiary/aromatic N) is 4. The van der Waals surface area contributed by atoms with Crippen molar-refractivity contribution in [3.05, 3.63) is 40.4 Å². The summed E-state index contributed by atoms with van der Waals surface area (Å²) in [6.45, 7) is 8.73. The zero-order chi connectivity index (χ0) is 34.2. The lowest BCUT2D eigenvalue weighted by molar-refractivity contribution is -0.194. The zero-order valence-corrected chi connectivity index (χ0v) is 27.2. The van der Waals surface area contributed by atoms with Gasteiger partial charge in [0.25, 0.3) is 5.91 Å². The third kappa shape index (κ3) is 7.22. The number of carbonyl (C=O) groups excluding carboxylic acids is 4. The SMILES string of the molecule is C#CC1O[C@@H](n2cnc3c(NC(=O)[C@H]4CCC(=O)O4)nc(Cl)nc32)C[C@H](OC(=O)CC(C)(C)c2c(C)cc(C)cc2OC(C)=O)C1O. The fourth-order valence-corrected chi connectivity index (χ4v) is 6.22. The number of ether oxygens (including phenoxy) is 4. The summed E-state index contributed by atoms with van der Waals surface area (Å²) in [7, 11) is 0. The number of aliphatic hydroxyl groups is 1. The average Bonchev–Trinajstić information content (AvgIpc) is 3.59. The predicted octanol–water partition coefficient (Wildman–Crippen LogP) is 3.23. The number of benzene rings is 1. The van der Waals surface area contributed by atoms with Gasteiger partial charge in [0.2, 0.25) is 5.28 Å². The van der Waals surface area contributed by atoms with Gasteiger partial charge in [0.05, 0.1) is 12.7 Å². The van der Waals surface area contributed by atoms with Crippen molar-refractivity contribution in [1.29, 1.82) is 0 Å². The van der Waals surface area contributed by atoms with Crippen LogP contribution in [-0.2, 0) is 38.8 Å². The van der Waals surface area contributed by atoms with Crippen molar-refractivity contribution >= 4 is 52.4 Å². The van der Waals surface area contributed by atoms with Crippen LogP contribution in [0.3, 0.4) is 0 Å². The van der Waals surface area contributed by atoms with Gasteiger partial charge in [-0.3, -0.25) is 23.7 Å². The molecule has 2 aromatic heterocycles. The van der Waals surface area contributed by atoms with Crippen molar-refractivity contribution in [3.63, 3.8) is 0 Å². The van der Waals surface area contributed by atoms with E-state index in [0.717, 1.165) is 11.1 Å². The molecule has 0 spiro atoms. The van der Waals surface area contributed by atoms with Crippen LogP contribution in [0, 0.1) is 26.2 Å². The molecule has 2 N–H and O–H groups in total. The molecule has 14 nitrogen and oxygen atoms in total. The minimum atomic E-state index is -1.35.